The van der Waals surface area contributed by atoms with Gasteiger partial charge in [0.05, 0.1) is 6.61 Å². The van der Waals surface area contributed by atoms with Gasteiger partial charge in [-0.05, 0) is 24.8 Å². The maximum Gasteiger partial charge on any atom is 0.123 e. The highest BCUT2D eigenvalue weighted by Crippen LogP contribution is 2.17. The molecule has 20 heavy (non-hydrogen) atoms. The van der Waals surface area contributed by atoms with E-state index in [-0.39, 0.29) is 0 Å². The SMILES string of the molecule is NCc1ccccc1OCCCOCC1CCOCC1. The Hall–Kier alpha value is -1.10. The van der Waals surface area contributed by atoms with Crippen molar-refractivity contribution in [3.05, 3.63) is 29.8 Å². The molecule has 1 aromatic carbocycles. The lowest BCUT2D eigenvalue weighted by Gasteiger charge is -2.21. The van der Waals surface area contributed by atoms with Gasteiger partial charge >= 0.3 is 0 Å². The first-order valence-corrected chi connectivity index (χ1v) is 7.46. The molecule has 1 saturated heterocycles. The highest BCUT2D eigenvalue weighted by molar-refractivity contribution is 5.32. The van der Waals surface area contributed by atoms with E-state index in [1.54, 1.807) is 0 Å². The number of benzene rings is 1. The zero-order chi connectivity index (χ0) is 14.0. The van der Waals surface area contributed by atoms with Crippen LogP contribution in [0, 0.1) is 5.92 Å². The molecule has 0 radical (unpaired) electrons. The van der Waals surface area contributed by atoms with E-state index in [9.17, 15) is 0 Å². The van der Waals surface area contributed by atoms with Crippen molar-refractivity contribution in [3.63, 3.8) is 0 Å². The molecular formula is C16H25NO3. The number of para-hydroxylation sites is 1. The summed E-state index contributed by atoms with van der Waals surface area (Å²) in [6, 6.07) is 7.91. The van der Waals surface area contributed by atoms with E-state index in [4.69, 9.17) is 19.9 Å². The van der Waals surface area contributed by atoms with Gasteiger partial charge in [0.15, 0.2) is 0 Å². The molecule has 1 fully saturated rings. The number of nitrogens with two attached hydrogens (primary N) is 1. The largest absolute Gasteiger partial charge is 0.493 e. The Bertz CT molecular complexity index is 378. The Labute approximate surface area is 121 Å². The molecule has 0 unspecified atom stereocenters. The maximum absolute atomic E-state index is 5.74. The quantitative estimate of drug-likeness (QED) is 0.742. The van der Waals surface area contributed by atoms with Crippen LogP contribution in [0.4, 0.5) is 0 Å². The molecule has 0 bridgehead atoms. The summed E-state index contributed by atoms with van der Waals surface area (Å²) in [5.74, 6) is 1.56. The van der Waals surface area contributed by atoms with Crippen molar-refractivity contribution in [1.29, 1.82) is 0 Å². The standard InChI is InChI=1S/C16H25NO3/c17-12-15-4-1-2-5-16(15)20-9-3-8-19-13-14-6-10-18-11-7-14/h1-2,4-5,14H,3,6-13,17H2. The molecule has 4 heteroatoms. The number of hydrogen-bond acceptors (Lipinski definition) is 4. The molecule has 1 heterocycles. The van der Waals surface area contributed by atoms with Gasteiger partial charge in [-0.3, -0.25) is 0 Å². The molecule has 0 saturated carbocycles. The van der Waals surface area contributed by atoms with Crippen LogP contribution in [-0.4, -0.2) is 33.0 Å². The summed E-state index contributed by atoms with van der Waals surface area (Å²) in [7, 11) is 0. The predicted octanol–water partition coefficient (Wildman–Crippen LogP) is 2.36. The highest BCUT2D eigenvalue weighted by Gasteiger charge is 2.13. The molecule has 2 rings (SSSR count). The molecule has 1 aliphatic rings. The van der Waals surface area contributed by atoms with E-state index in [1.165, 1.54) is 0 Å². The minimum absolute atomic E-state index is 0.510. The molecule has 0 atom stereocenters. The van der Waals surface area contributed by atoms with Gasteiger partial charge in [0, 0.05) is 45.0 Å². The second-order valence-corrected chi connectivity index (χ2v) is 5.14. The van der Waals surface area contributed by atoms with Crippen LogP contribution in [0.5, 0.6) is 5.75 Å². The van der Waals surface area contributed by atoms with Gasteiger partial charge in [-0.1, -0.05) is 18.2 Å². The molecule has 4 nitrogen and oxygen atoms in total. The Morgan fingerprint density at radius 1 is 1.15 bits per heavy atom. The Balaban J connectivity index is 1.55. The van der Waals surface area contributed by atoms with Gasteiger partial charge < -0.3 is 19.9 Å². The number of hydrogen-bond donors (Lipinski definition) is 1. The van der Waals surface area contributed by atoms with Gasteiger partial charge in [0.25, 0.3) is 0 Å². The fraction of sp³-hybridized carbons (Fsp3) is 0.625. The first kappa shape index (κ1) is 15.3. The van der Waals surface area contributed by atoms with Crippen molar-refractivity contribution in [2.75, 3.05) is 33.0 Å². The molecule has 0 aliphatic carbocycles. The second-order valence-electron chi connectivity index (χ2n) is 5.14. The van der Waals surface area contributed by atoms with E-state index < -0.39 is 0 Å². The maximum atomic E-state index is 5.74. The minimum atomic E-state index is 0.510. The zero-order valence-electron chi connectivity index (χ0n) is 12.1. The van der Waals surface area contributed by atoms with Crippen LogP contribution in [0.25, 0.3) is 0 Å². The summed E-state index contributed by atoms with van der Waals surface area (Å²) in [5.41, 5.74) is 6.72. The topological polar surface area (TPSA) is 53.7 Å². The average molecular weight is 279 g/mol. The van der Waals surface area contributed by atoms with Crippen molar-refractivity contribution in [2.45, 2.75) is 25.8 Å². The monoisotopic (exact) mass is 279 g/mol. The summed E-state index contributed by atoms with van der Waals surface area (Å²) in [6.45, 7) is 4.55. The molecule has 0 amide bonds. The van der Waals surface area contributed by atoms with Crippen LogP contribution in [0.2, 0.25) is 0 Å². The third kappa shape index (κ3) is 5.12. The summed E-state index contributed by atoms with van der Waals surface area (Å²) >= 11 is 0. The van der Waals surface area contributed by atoms with Crippen molar-refractivity contribution in [1.82, 2.24) is 0 Å². The summed E-state index contributed by atoms with van der Waals surface area (Å²) in [5, 5.41) is 0. The third-order valence-electron chi connectivity index (χ3n) is 3.58. The molecule has 1 aromatic rings. The van der Waals surface area contributed by atoms with E-state index in [0.717, 1.165) is 57.0 Å². The molecule has 1 aliphatic heterocycles. The third-order valence-corrected chi connectivity index (χ3v) is 3.58. The molecular weight excluding hydrogens is 254 g/mol. The van der Waals surface area contributed by atoms with E-state index in [0.29, 0.717) is 19.1 Å². The van der Waals surface area contributed by atoms with Gasteiger partial charge in [0.1, 0.15) is 5.75 Å². The van der Waals surface area contributed by atoms with E-state index in [2.05, 4.69) is 0 Å². The van der Waals surface area contributed by atoms with Crippen LogP contribution in [0.15, 0.2) is 24.3 Å². The fourth-order valence-corrected chi connectivity index (χ4v) is 2.32. The molecule has 112 valence electrons. The molecule has 0 spiro atoms. The van der Waals surface area contributed by atoms with Crippen LogP contribution in [0.3, 0.4) is 0 Å². The normalized spacial score (nSPS) is 16.2. The second kappa shape index (κ2) is 8.95. The average Bonchev–Trinajstić information content (AvgIpc) is 2.52. The van der Waals surface area contributed by atoms with Crippen molar-refractivity contribution in [3.8, 4) is 5.75 Å². The van der Waals surface area contributed by atoms with Gasteiger partial charge in [-0.15, -0.1) is 0 Å². The summed E-state index contributed by atoms with van der Waals surface area (Å²) < 4.78 is 16.8. The van der Waals surface area contributed by atoms with Crippen LogP contribution in [-0.2, 0) is 16.0 Å². The number of ether oxygens (including phenoxy) is 3. The molecule has 0 aromatic heterocycles. The first-order chi connectivity index (χ1) is 9.90. The first-order valence-electron chi connectivity index (χ1n) is 7.46. The lowest BCUT2D eigenvalue weighted by atomic mass is 10.0. The van der Waals surface area contributed by atoms with Gasteiger partial charge in [-0.25, -0.2) is 0 Å². The smallest absolute Gasteiger partial charge is 0.123 e. The zero-order valence-corrected chi connectivity index (χ0v) is 12.1. The fourth-order valence-electron chi connectivity index (χ4n) is 2.32. The minimum Gasteiger partial charge on any atom is -0.493 e. The summed E-state index contributed by atoms with van der Waals surface area (Å²) in [6.07, 6.45) is 3.16. The Morgan fingerprint density at radius 3 is 2.75 bits per heavy atom. The Kier molecular flexibility index (Phi) is 6.84. The van der Waals surface area contributed by atoms with Crippen LogP contribution < -0.4 is 10.5 Å². The van der Waals surface area contributed by atoms with E-state index >= 15 is 0 Å². The van der Waals surface area contributed by atoms with Gasteiger partial charge in [0.2, 0.25) is 0 Å². The summed E-state index contributed by atoms with van der Waals surface area (Å²) in [4.78, 5) is 0. The van der Waals surface area contributed by atoms with Crippen molar-refractivity contribution < 1.29 is 14.2 Å². The highest BCUT2D eigenvalue weighted by atomic mass is 16.5. The van der Waals surface area contributed by atoms with Crippen molar-refractivity contribution >= 4 is 0 Å². The Morgan fingerprint density at radius 2 is 1.95 bits per heavy atom. The van der Waals surface area contributed by atoms with Gasteiger partial charge in [-0.2, -0.15) is 0 Å². The van der Waals surface area contributed by atoms with Crippen LogP contribution in [0.1, 0.15) is 24.8 Å². The van der Waals surface area contributed by atoms with Crippen LogP contribution >= 0.6 is 0 Å². The van der Waals surface area contributed by atoms with Crippen molar-refractivity contribution in [2.24, 2.45) is 11.7 Å². The van der Waals surface area contributed by atoms with E-state index in [1.807, 2.05) is 24.3 Å². The lowest BCUT2D eigenvalue weighted by molar-refractivity contribution is 0.0183. The lowest BCUT2D eigenvalue weighted by Crippen LogP contribution is -2.20. The predicted molar refractivity (Wildman–Crippen MR) is 78.8 cm³/mol. The number of rotatable bonds is 8. The molecule has 2 N–H and O–H groups in total.